The fourth-order valence-corrected chi connectivity index (χ4v) is 3.42. The fourth-order valence-electron chi connectivity index (χ4n) is 2.68. The second-order valence-corrected chi connectivity index (χ2v) is 7.85. The van der Waals surface area contributed by atoms with Crippen molar-refractivity contribution in [2.75, 3.05) is 63.9 Å². The molecular formula is C20H41N4O2S. The molecule has 27 heavy (non-hydrogen) atoms. The molecule has 1 N–H and O–H groups in total. The standard InChI is InChI=1S/C20H41N4O2S/c1-7-22(8-2)12-14-24(15-13-23(9-3)10-4)20(26)17-27-16-11-19(25)21-18(5)6/h11,18H,7-10,12-17H2,1-6H3,(H,21,25). The Kier molecular flexibility index (Phi) is 15.7. The Hall–Kier alpha value is -0.790. The van der Waals surface area contributed by atoms with Gasteiger partial charge in [-0.2, -0.15) is 11.8 Å². The summed E-state index contributed by atoms with van der Waals surface area (Å²) in [7, 11) is 0. The van der Waals surface area contributed by atoms with Crippen molar-refractivity contribution in [3.63, 3.8) is 0 Å². The quantitative estimate of drug-likeness (QED) is 0.401. The Balaban J connectivity index is 4.46. The summed E-state index contributed by atoms with van der Waals surface area (Å²) in [6.07, 6.45) is 1.62. The topological polar surface area (TPSA) is 55.9 Å². The number of carbonyl (C=O) groups is 2. The van der Waals surface area contributed by atoms with Crippen molar-refractivity contribution in [3.05, 3.63) is 6.42 Å². The van der Waals surface area contributed by atoms with Crippen LogP contribution in [0.25, 0.3) is 0 Å². The summed E-state index contributed by atoms with van der Waals surface area (Å²) in [6.45, 7) is 19.8. The van der Waals surface area contributed by atoms with Crippen molar-refractivity contribution in [2.45, 2.75) is 47.6 Å². The highest BCUT2D eigenvalue weighted by atomic mass is 32.2. The maximum Gasteiger partial charge on any atom is 0.232 e. The number of nitrogens with zero attached hydrogens (tertiary/aromatic N) is 3. The van der Waals surface area contributed by atoms with Crippen molar-refractivity contribution in [1.29, 1.82) is 0 Å². The Labute approximate surface area is 171 Å². The molecule has 6 nitrogen and oxygen atoms in total. The molecule has 2 amide bonds. The predicted molar refractivity (Wildman–Crippen MR) is 117 cm³/mol. The summed E-state index contributed by atoms with van der Waals surface area (Å²) in [4.78, 5) is 31.0. The lowest BCUT2D eigenvalue weighted by molar-refractivity contribution is -0.128. The molecule has 0 aromatic rings. The van der Waals surface area contributed by atoms with Gasteiger partial charge in [-0.05, 0) is 40.0 Å². The molecule has 0 heterocycles. The Morgan fingerprint density at radius 3 is 1.78 bits per heavy atom. The Morgan fingerprint density at radius 1 is 0.889 bits per heavy atom. The van der Waals surface area contributed by atoms with E-state index in [1.807, 2.05) is 18.7 Å². The van der Waals surface area contributed by atoms with Crippen LogP contribution in [-0.2, 0) is 9.59 Å². The first-order valence-corrected chi connectivity index (χ1v) is 11.5. The molecule has 0 saturated carbocycles. The third kappa shape index (κ3) is 13.1. The smallest absolute Gasteiger partial charge is 0.232 e. The molecule has 0 aliphatic rings. The second kappa shape index (κ2) is 16.2. The summed E-state index contributed by atoms with van der Waals surface area (Å²) in [5.41, 5.74) is 0. The number of likely N-dealkylation sites (N-methyl/N-ethyl adjacent to an activating group) is 2. The number of nitrogens with one attached hydrogen (secondary N) is 1. The van der Waals surface area contributed by atoms with E-state index in [-0.39, 0.29) is 17.9 Å². The van der Waals surface area contributed by atoms with Crippen molar-refractivity contribution in [3.8, 4) is 0 Å². The minimum Gasteiger partial charge on any atom is -0.354 e. The van der Waals surface area contributed by atoms with Gasteiger partial charge in [0.25, 0.3) is 0 Å². The molecule has 159 valence electrons. The van der Waals surface area contributed by atoms with Gasteiger partial charge in [0.2, 0.25) is 11.8 Å². The first kappa shape index (κ1) is 26.2. The van der Waals surface area contributed by atoms with E-state index in [4.69, 9.17) is 0 Å². The zero-order valence-electron chi connectivity index (χ0n) is 18.3. The Bertz CT molecular complexity index is 383. The molecule has 0 aromatic carbocycles. The van der Waals surface area contributed by atoms with Gasteiger partial charge in [-0.25, -0.2) is 0 Å². The van der Waals surface area contributed by atoms with E-state index >= 15 is 0 Å². The lowest BCUT2D eigenvalue weighted by atomic mass is 10.3. The third-order valence-electron chi connectivity index (χ3n) is 4.56. The molecular weight excluding hydrogens is 360 g/mol. The summed E-state index contributed by atoms with van der Waals surface area (Å²) in [6, 6.07) is 0.135. The first-order valence-electron chi connectivity index (χ1n) is 10.3. The van der Waals surface area contributed by atoms with Crippen LogP contribution >= 0.6 is 11.8 Å². The second-order valence-electron chi connectivity index (χ2n) is 6.82. The third-order valence-corrected chi connectivity index (χ3v) is 5.41. The summed E-state index contributed by atoms with van der Waals surface area (Å²) < 4.78 is 0. The summed E-state index contributed by atoms with van der Waals surface area (Å²) in [5.74, 6) is 1.08. The van der Waals surface area contributed by atoms with Gasteiger partial charge in [0.05, 0.1) is 12.2 Å². The summed E-state index contributed by atoms with van der Waals surface area (Å²) >= 11 is 1.50. The van der Waals surface area contributed by atoms with Crippen LogP contribution < -0.4 is 5.32 Å². The van der Waals surface area contributed by atoms with E-state index in [1.165, 1.54) is 11.8 Å². The minimum atomic E-state index is -0.0649. The minimum absolute atomic E-state index is 0.0649. The van der Waals surface area contributed by atoms with Gasteiger partial charge < -0.3 is 20.0 Å². The largest absolute Gasteiger partial charge is 0.354 e. The van der Waals surface area contributed by atoms with Gasteiger partial charge in [0, 0.05) is 38.0 Å². The van der Waals surface area contributed by atoms with Gasteiger partial charge in [0.15, 0.2) is 0 Å². The van der Waals surface area contributed by atoms with Gasteiger partial charge in [-0.3, -0.25) is 9.59 Å². The van der Waals surface area contributed by atoms with Crippen LogP contribution in [0.4, 0.5) is 0 Å². The highest BCUT2D eigenvalue weighted by Gasteiger charge is 2.16. The number of thioether (sulfide) groups is 1. The monoisotopic (exact) mass is 401 g/mol. The van der Waals surface area contributed by atoms with Crippen LogP contribution in [0.2, 0.25) is 0 Å². The van der Waals surface area contributed by atoms with Crippen molar-refractivity contribution >= 4 is 23.6 Å². The SMILES string of the molecule is CCN(CC)CCN(CCN(CC)CC)C(=O)CSC[CH]C(=O)NC(C)C. The van der Waals surface area contributed by atoms with E-state index in [2.05, 4.69) is 42.8 Å². The average molecular weight is 402 g/mol. The van der Waals surface area contributed by atoms with Crippen LogP contribution in [0.3, 0.4) is 0 Å². The molecule has 0 bridgehead atoms. The number of hydrogen-bond donors (Lipinski definition) is 1. The highest BCUT2D eigenvalue weighted by Crippen LogP contribution is 2.06. The predicted octanol–water partition coefficient (Wildman–Crippen LogP) is 1.96. The maximum atomic E-state index is 12.7. The number of rotatable bonds is 16. The van der Waals surface area contributed by atoms with E-state index in [1.54, 1.807) is 6.42 Å². The molecule has 0 fully saturated rings. The highest BCUT2D eigenvalue weighted by molar-refractivity contribution is 8.00. The molecule has 0 unspecified atom stereocenters. The van der Waals surface area contributed by atoms with Crippen molar-refractivity contribution in [2.24, 2.45) is 0 Å². The molecule has 1 radical (unpaired) electrons. The van der Waals surface area contributed by atoms with Gasteiger partial charge in [0.1, 0.15) is 0 Å². The van der Waals surface area contributed by atoms with Gasteiger partial charge in [-0.15, -0.1) is 0 Å². The molecule has 0 rings (SSSR count). The Morgan fingerprint density at radius 2 is 1.37 bits per heavy atom. The van der Waals surface area contributed by atoms with Crippen LogP contribution in [0.15, 0.2) is 0 Å². The van der Waals surface area contributed by atoms with Crippen molar-refractivity contribution in [1.82, 2.24) is 20.0 Å². The lowest BCUT2D eigenvalue weighted by Crippen LogP contribution is -2.43. The van der Waals surface area contributed by atoms with E-state index in [0.29, 0.717) is 11.5 Å². The van der Waals surface area contributed by atoms with Crippen molar-refractivity contribution < 1.29 is 9.59 Å². The first-order chi connectivity index (χ1) is 12.9. The average Bonchev–Trinajstić information content (AvgIpc) is 2.64. The fraction of sp³-hybridized carbons (Fsp3) is 0.850. The molecule has 0 spiro atoms. The van der Waals surface area contributed by atoms with Crippen LogP contribution in [0, 0.1) is 6.42 Å². The number of carbonyl (C=O) groups excluding carboxylic acids is 2. The molecule has 7 heteroatoms. The van der Waals surface area contributed by atoms with E-state index in [9.17, 15) is 9.59 Å². The van der Waals surface area contributed by atoms with Gasteiger partial charge >= 0.3 is 0 Å². The van der Waals surface area contributed by atoms with Gasteiger partial charge in [-0.1, -0.05) is 27.7 Å². The molecule has 0 aliphatic carbocycles. The molecule has 0 saturated heterocycles. The maximum absolute atomic E-state index is 12.7. The van der Waals surface area contributed by atoms with E-state index < -0.39 is 0 Å². The molecule has 0 atom stereocenters. The molecule has 0 aliphatic heterocycles. The lowest BCUT2D eigenvalue weighted by Gasteiger charge is -2.29. The van der Waals surface area contributed by atoms with Crippen LogP contribution in [0.5, 0.6) is 0 Å². The van der Waals surface area contributed by atoms with Crippen LogP contribution in [-0.4, -0.2) is 96.4 Å². The normalized spacial score (nSPS) is 11.4. The zero-order valence-corrected chi connectivity index (χ0v) is 19.1. The van der Waals surface area contributed by atoms with Crippen LogP contribution in [0.1, 0.15) is 41.5 Å². The zero-order chi connectivity index (χ0) is 20.7. The molecule has 0 aromatic heterocycles. The number of hydrogen-bond acceptors (Lipinski definition) is 5. The number of amides is 2. The van der Waals surface area contributed by atoms with E-state index in [0.717, 1.165) is 52.4 Å². The summed E-state index contributed by atoms with van der Waals surface area (Å²) in [5, 5.41) is 2.83.